The van der Waals surface area contributed by atoms with Crippen molar-refractivity contribution in [3.05, 3.63) is 0 Å². The van der Waals surface area contributed by atoms with Crippen LogP contribution in [0.5, 0.6) is 0 Å². The summed E-state index contributed by atoms with van der Waals surface area (Å²) < 4.78 is 5.09. The van der Waals surface area contributed by atoms with Crippen molar-refractivity contribution in [2.45, 2.75) is 32.4 Å². The van der Waals surface area contributed by atoms with E-state index in [9.17, 15) is 4.79 Å². The fraction of sp³-hybridized carbons (Fsp3) is 0.889. The van der Waals surface area contributed by atoms with Crippen LogP contribution >= 0.6 is 0 Å². The smallest absolute Gasteiger partial charge is 0.410 e. The van der Waals surface area contributed by atoms with E-state index in [4.69, 9.17) is 4.74 Å². The molecule has 4 nitrogen and oxygen atoms in total. The Hall–Kier alpha value is -0.770. The lowest BCUT2D eigenvalue weighted by Gasteiger charge is -2.22. The van der Waals surface area contributed by atoms with Gasteiger partial charge in [0.15, 0.2) is 0 Å². The number of carbonyl (C=O) groups is 1. The van der Waals surface area contributed by atoms with E-state index in [0.717, 1.165) is 6.54 Å². The highest BCUT2D eigenvalue weighted by molar-refractivity contribution is 5.69. The van der Waals surface area contributed by atoms with E-state index >= 15 is 0 Å². The van der Waals surface area contributed by atoms with Crippen LogP contribution in [0.2, 0.25) is 0 Å². The summed E-state index contributed by atoms with van der Waals surface area (Å²) in [6, 6.07) is 0. The van der Waals surface area contributed by atoms with Gasteiger partial charge >= 0.3 is 6.09 Å². The van der Waals surface area contributed by atoms with E-state index < -0.39 is 0 Å². The monoisotopic (exact) mass is 186 g/mol. The topological polar surface area (TPSA) is 41.6 Å². The quantitative estimate of drug-likeness (QED) is 0.694. The van der Waals surface area contributed by atoms with Crippen molar-refractivity contribution in [3.63, 3.8) is 0 Å². The van der Waals surface area contributed by atoms with Crippen molar-refractivity contribution in [3.8, 4) is 0 Å². The van der Waals surface area contributed by atoms with Gasteiger partial charge in [0.25, 0.3) is 0 Å². The lowest BCUT2D eigenvalue weighted by molar-refractivity contribution is 0.130. The number of hydrogen-bond donors (Lipinski definition) is 1. The van der Waals surface area contributed by atoms with Crippen molar-refractivity contribution >= 4 is 6.09 Å². The molecule has 1 fully saturated rings. The van der Waals surface area contributed by atoms with E-state index in [1.807, 2.05) is 0 Å². The zero-order valence-corrected chi connectivity index (χ0v) is 8.76. The average molecular weight is 186 g/mol. The van der Waals surface area contributed by atoms with E-state index in [0.29, 0.717) is 6.54 Å². The predicted octanol–water partition coefficient (Wildman–Crippen LogP) is 0.825. The molecule has 0 bridgehead atoms. The molecule has 76 valence electrons. The summed E-state index contributed by atoms with van der Waals surface area (Å²) in [5, 5.41) is 3.30. The van der Waals surface area contributed by atoms with E-state index in [-0.39, 0.29) is 17.7 Å². The van der Waals surface area contributed by atoms with Gasteiger partial charge in [-0.25, -0.2) is 4.79 Å². The molecule has 1 unspecified atom stereocenters. The second-order valence-corrected chi connectivity index (χ2v) is 4.52. The standard InChI is InChI=1S/C9H18N2O2/c1-9(2,3)10-5-7-6-11(4)8(12)13-7/h7,10H,5-6H2,1-4H3. The first-order valence-electron chi connectivity index (χ1n) is 4.55. The number of amides is 1. The Morgan fingerprint density at radius 3 is 2.62 bits per heavy atom. The van der Waals surface area contributed by atoms with Gasteiger partial charge in [-0.3, -0.25) is 0 Å². The number of nitrogens with one attached hydrogen (secondary N) is 1. The summed E-state index contributed by atoms with van der Waals surface area (Å²) in [7, 11) is 1.75. The maximum absolute atomic E-state index is 11.0. The third-order valence-corrected chi connectivity index (χ3v) is 1.92. The van der Waals surface area contributed by atoms with Crippen LogP contribution in [0.15, 0.2) is 0 Å². The third-order valence-electron chi connectivity index (χ3n) is 1.92. The summed E-state index contributed by atoms with van der Waals surface area (Å²) in [6.07, 6.45) is -0.225. The molecule has 1 amide bonds. The molecule has 1 rings (SSSR count). The van der Waals surface area contributed by atoms with Gasteiger partial charge < -0.3 is 15.0 Å². The average Bonchev–Trinajstić information content (AvgIpc) is 2.27. The van der Waals surface area contributed by atoms with E-state index in [2.05, 4.69) is 26.1 Å². The van der Waals surface area contributed by atoms with Gasteiger partial charge in [0.2, 0.25) is 0 Å². The van der Waals surface area contributed by atoms with Gasteiger partial charge in [-0.05, 0) is 20.8 Å². The van der Waals surface area contributed by atoms with Crippen LogP contribution in [-0.4, -0.2) is 42.8 Å². The number of rotatable bonds is 2. The van der Waals surface area contributed by atoms with Crippen LogP contribution in [0.25, 0.3) is 0 Å². The summed E-state index contributed by atoms with van der Waals surface area (Å²) in [6.45, 7) is 7.68. The second-order valence-electron chi connectivity index (χ2n) is 4.52. The number of hydrogen-bond acceptors (Lipinski definition) is 3. The summed E-state index contributed by atoms with van der Waals surface area (Å²) in [4.78, 5) is 12.6. The Bertz CT molecular complexity index is 198. The van der Waals surface area contributed by atoms with Gasteiger partial charge in [-0.1, -0.05) is 0 Å². The minimum absolute atomic E-state index is 0.00303. The molecule has 0 saturated carbocycles. The molecular weight excluding hydrogens is 168 g/mol. The van der Waals surface area contributed by atoms with Crippen LogP contribution in [0, 0.1) is 0 Å². The zero-order valence-electron chi connectivity index (χ0n) is 8.76. The van der Waals surface area contributed by atoms with E-state index in [1.54, 1.807) is 11.9 Å². The Kier molecular flexibility index (Phi) is 2.81. The number of cyclic esters (lactones) is 1. The highest BCUT2D eigenvalue weighted by Gasteiger charge is 2.28. The molecule has 4 heteroatoms. The minimum Gasteiger partial charge on any atom is -0.443 e. The van der Waals surface area contributed by atoms with Crippen molar-refractivity contribution in [2.24, 2.45) is 0 Å². The molecule has 1 aliphatic heterocycles. The first-order valence-corrected chi connectivity index (χ1v) is 4.55. The van der Waals surface area contributed by atoms with Gasteiger partial charge in [0, 0.05) is 19.1 Å². The maximum atomic E-state index is 11.0. The van der Waals surface area contributed by atoms with Crippen molar-refractivity contribution in [1.82, 2.24) is 10.2 Å². The molecular formula is C9H18N2O2. The van der Waals surface area contributed by atoms with E-state index in [1.165, 1.54) is 0 Å². The Labute approximate surface area is 79.2 Å². The molecule has 0 radical (unpaired) electrons. The molecule has 1 N–H and O–H groups in total. The molecule has 0 aliphatic carbocycles. The highest BCUT2D eigenvalue weighted by atomic mass is 16.6. The molecule has 13 heavy (non-hydrogen) atoms. The highest BCUT2D eigenvalue weighted by Crippen LogP contribution is 2.09. The largest absolute Gasteiger partial charge is 0.443 e. The lowest BCUT2D eigenvalue weighted by atomic mass is 10.1. The van der Waals surface area contributed by atoms with Gasteiger partial charge in [0.1, 0.15) is 6.10 Å². The van der Waals surface area contributed by atoms with Gasteiger partial charge in [0.05, 0.1) is 6.54 Å². The fourth-order valence-electron chi connectivity index (χ4n) is 1.18. The normalized spacial score (nSPS) is 23.5. The molecule has 1 aliphatic rings. The van der Waals surface area contributed by atoms with Crippen molar-refractivity contribution in [2.75, 3.05) is 20.1 Å². The summed E-state index contributed by atoms with van der Waals surface area (Å²) >= 11 is 0. The first kappa shape index (κ1) is 10.3. The number of ether oxygens (including phenoxy) is 1. The summed E-state index contributed by atoms with van der Waals surface area (Å²) in [5.74, 6) is 0. The minimum atomic E-state index is -0.222. The van der Waals surface area contributed by atoms with Crippen LogP contribution in [0.4, 0.5) is 4.79 Å². The van der Waals surface area contributed by atoms with Gasteiger partial charge in [-0.15, -0.1) is 0 Å². The molecule has 1 heterocycles. The Morgan fingerprint density at radius 1 is 1.62 bits per heavy atom. The van der Waals surface area contributed by atoms with Crippen molar-refractivity contribution in [1.29, 1.82) is 0 Å². The maximum Gasteiger partial charge on any atom is 0.410 e. The first-order chi connectivity index (χ1) is 5.88. The van der Waals surface area contributed by atoms with Crippen LogP contribution < -0.4 is 5.32 Å². The molecule has 1 atom stereocenters. The zero-order chi connectivity index (χ0) is 10.1. The lowest BCUT2D eigenvalue weighted by Crippen LogP contribution is -2.41. The van der Waals surface area contributed by atoms with Crippen LogP contribution in [-0.2, 0) is 4.74 Å². The Morgan fingerprint density at radius 2 is 2.23 bits per heavy atom. The number of likely N-dealkylation sites (N-methyl/N-ethyl adjacent to an activating group) is 1. The molecule has 0 aromatic heterocycles. The molecule has 0 aromatic rings. The molecule has 0 spiro atoms. The van der Waals surface area contributed by atoms with Crippen molar-refractivity contribution < 1.29 is 9.53 Å². The summed E-state index contributed by atoms with van der Waals surface area (Å²) in [5.41, 5.74) is 0.0770. The number of nitrogens with zero attached hydrogens (tertiary/aromatic N) is 1. The van der Waals surface area contributed by atoms with Gasteiger partial charge in [-0.2, -0.15) is 0 Å². The predicted molar refractivity (Wildman–Crippen MR) is 50.7 cm³/mol. The Balaban J connectivity index is 2.29. The third kappa shape index (κ3) is 3.22. The molecule has 1 saturated heterocycles. The fourth-order valence-corrected chi connectivity index (χ4v) is 1.18. The van der Waals surface area contributed by atoms with Crippen LogP contribution in [0.3, 0.4) is 0 Å². The van der Waals surface area contributed by atoms with Crippen LogP contribution in [0.1, 0.15) is 20.8 Å². The molecule has 0 aromatic carbocycles. The SMILES string of the molecule is CN1CC(CNC(C)(C)C)OC1=O. The number of carbonyl (C=O) groups excluding carboxylic acids is 1. The second kappa shape index (κ2) is 3.54.